The van der Waals surface area contributed by atoms with Crippen LogP contribution in [0.4, 0.5) is 0 Å². The fraction of sp³-hybridized carbons (Fsp3) is 0.667. The van der Waals surface area contributed by atoms with Gasteiger partial charge in [-0.2, -0.15) is 0 Å². The van der Waals surface area contributed by atoms with Crippen molar-refractivity contribution < 1.29 is 18.7 Å². The fourth-order valence-corrected chi connectivity index (χ4v) is 4.40. The van der Waals surface area contributed by atoms with Gasteiger partial charge in [0.2, 0.25) is 5.91 Å². The summed E-state index contributed by atoms with van der Waals surface area (Å²) in [6.07, 6.45) is 7.28. The molecule has 0 N–H and O–H groups in total. The second-order valence-corrected chi connectivity index (χ2v) is 7.07. The zero-order valence-electron chi connectivity index (χ0n) is 13.9. The molecular weight excluding hydrogens is 308 g/mol. The van der Waals surface area contributed by atoms with Crippen molar-refractivity contribution in [3.05, 3.63) is 24.2 Å². The minimum atomic E-state index is 0.0246. The average Bonchev–Trinajstić information content (AvgIpc) is 3.27. The van der Waals surface area contributed by atoms with E-state index in [1.807, 2.05) is 4.90 Å². The predicted molar refractivity (Wildman–Crippen MR) is 86.4 cm³/mol. The van der Waals surface area contributed by atoms with E-state index in [2.05, 4.69) is 4.90 Å². The standard InChI is InChI=1S/C18H24N2O4/c21-17-2-1-15-16(20(17)11-13-4-8-23-9-5-13)3-7-19(15)18(22)14-6-10-24-12-14/h6,10,12-13,15-16H,1-5,7-9,11H2/t15-,16-/m1/s1. The Balaban J connectivity index is 1.47. The number of ether oxygens (including phenoxy) is 1. The minimum Gasteiger partial charge on any atom is -0.472 e. The van der Waals surface area contributed by atoms with Crippen molar-refractivity contribution in [2.45, 2.75) is 44.2 Å². The number of likely N-dealkylation sites (tertiary alicyclic amines) is 2. The molecule has 0 aromatic carbocycles. The summed E-state index contributed by atoms with van der Waals surface area (Å²) < 4.78 is 10.5. The SMILES string of the molecule is O=C1CC[C@@H]2[C@@H](CCN2C(=O)c2ccoc2)N1CC1CCOCC1. The third-order valence-electron chi connectivity index (χ3n) is 5.71. The zero-order chi connectivity index (χ0) is 16.5. The third kappa shape index (κ3) is 2.83. The lowest BCUT2D eigenvalue weighted by atomic mass is 9.92. The molecule has 2 amide bonds. The van der Waals surface area contributed by atoms with Crippen LogP contribution in [0.15, 0.2) is 23.0 Å². The van der Waals surface area contributed by atoms with Crippen LogP contribution in [0.3, 0.4) is 0 Å². The van der Waals surface area contributed by atoms with E-state index in [9.17, 15) is 9.59 Å². The first kappa shape index (κ1) is 15.7. The van der Waals surface area contributed by atoms with Gasteiger partial charge in [0.1, 0.15) is 6.26 Å². The monoisotopic (exact) mass is 332 g/mol. The van der Waals surface area contributed by atoms with E-state index in [0.29, 0.717) is 17.9 Å². The summed E-state index contributed by atoms with van der Waals surface area (Å²) >= 11 is 0. The van der Waals surface area contributed by atoms with Gasteiger partial charge in [-0.1, -0.05) is 0 Å². The van der Waals surface area contributed by atoms with Gasteiger partial charge in [-0.15, -0.1) is 0 Å². The molecule has 0 bridgehead atoms. The lowest BCUT2D eigenvalue weighted by Crippen LogP contribution is -2.54. The van der Waals surface area contributed by atoms with Crippen LogP contribution in [-0.2, 0) is 9.53 Å². The first-order valence-electron chi connectivity index (χ1n) is 8.94. The second kappa shape index (κ2) is 6.59. The van der Waals surface area contributed by atoms with Crippen molar-refractivity contribution in [3.63, 3.8) is 0 Å². The quantitative estimate of drug-likeness (QED) is 0.848. The summed E-state index contributed by atoms with van der Waals surface area (Å²) in [4.78, 5) is 29.2. The van der Waals surface area contributed by atoms with Crippen LogP contribution in [0.1, 0.15) is 42.5 Å². The first-order chi connectivity index (χ1) is 11.7. The largest absolute Gasteiger partial charge is 0.472 e. The van der Waals surface area contributed by atoms with Gasteiger partial charge in [0.25, 0.3) is 5.91 Å². The summed E-state index contributed by atoms with van der Waals surface area (Å²) in [7, 11) is 0. The highest BCUT2D eigenvalue weighted by molar-refractivity contribution is 5.94. The van der Waals surface area contributed by atoms with E-state index in [4.69, 9.17) is 9.15 Å². The van der Waals surface area contributed by atoms with Crippen LogP contribution in [0.2, 0.25) is 0 Å². The van der Waals surface area contributed by atoms with Crippen molar-refractivity contribution in [2.24, 2.45) is 5.92 Å². The number of fused-ring (bicyclic) bond motifs is 1. The molecule has 0 saturated carbocycles. The summed E-state index contributed by atoms with van der Waals surface area (Å²) in [6, 6.07) is 2.03. The molecule has 1 aromatic heterocycles. The number of carbonyl (C=O) groups is 2. The molecule has 6 heteroatoms. The Kier molecular flexibility index (Phi) is 4.31. The normalized spacial score (nSPS) is 28.2. The Morgan fingerprint density at radius 3 is 2.75 bits per heavy atom. The number of hydrogen-bond acceptors (Lipinski definition) is 4. The molecule has 1 aromatic rings. The molecule has 2 atom stereocenters. The molecular formula is C18H24N2O4. The average molecular weight is 332 g/mol. The molecule has 0 radical (unpaired) electrons. The first-order valence-corrected chi connectivity index (χ1v) is 8.94. The highest BCUT2D eigenvalue weighted by Crippen LogP contribution is 2.33. The summed E-state index contributed by atoms with van der Waals surface area (Å²) in [5.74, 6) is 0.803. The summed E-state index contributed by atoms with van der Waals surface area (Å²) in [5, 5.41) is 0. The molecule has 0 aliphatic carbocycles. The molecule has 0 spiro atoms. The number of hydrogen-bond donors (Lipinski definition) is 0. The Labute approximate surface area is 141 Å². The van der Waals surface area contributed by atoms with E-state index in [0.717, 1.165) is 52.0 Å². The van der Waals surface area contributed by atoms with E-state index in [1.54, 1.807) is 6.07 Å². The lowest BCUT2D eigenvalue weighted by molar-refractivity contribution is -0.138. The van der Waals surface area contributed by atoms with Gasteiger partial charge in [-0.05, 0) is 37.7 Å². The van der Waals surface area contributed by atoms with Crippen LogP contribution >= 0.6 is 0 Å². The molecule has 3 aliphatic rings. The number of nitrogens with zero attached hydrogens (tertiary/aromatic N) is 2. The topological polar surface area (TPSA) is 63.0 Å². The van der Waals surface area contributed by atoms with Crippen LogP contribution in [0, 0.1) is 5.92 Å². The van der Waals surface area contributed by atoms with Crippen LogP contribution in [-0.4, -0.2) is 60.0 Å². The van der Waals surface area contributed by atoms with Crippen LogP contribution in [0.25, 0.3) is 0 Å². The summed E-state index contributed by atoms with van der Waals surface area (Å²) in [6.45, 7) is 3.13. The van der Waals surface area contributed by atoms with Crippen molar-refractivity contribution >= 4 is 11.8 Å². The molecule has 3 saturated heterocycles. The number of piperidine rings is 1. The highest BCUT2D eigenvalue weighted by atomic mass is 16.5. The van der Waals surface area contributed by atoms with Gasteiger partial charge >= 0.3 is 0 Å². The molecule has 6 nitrogen and oxygen atoms in total. The van der Waals surface area contributed by atoms with Crippen molar-refractivity contribution in [1.82, 2.24) is 9.80 Å². The maximum Gasteiger partial charge on any atom is 0.257 e. The number of rotatable bonds is 3. The maximum atomic E-state index is 12.7. The maximum absolute atomic E-state index is 12.7. The van der Waals surface area contributed by atoms with Gasteiger partial charge in [0.05, 0.1) is 23.9 Å². The van der Waals surface area contributed by atoms with Crippen molar-refractivity contribution in [3.8, 4) is 0 Å². The predicted octanol–water partition coefficient (Wildman–Crippen LogP) is 1.91. The van der Waals surface area contributed by atoms with Gasteiger partial charge in [0.15, 0.2) is 0 Å². The number of amides is 2. The Morgan fingerprint density at radius 2 is 2.00 bits per heavy atom. The molecule has 3 aliphatic heterocycles. The minimum absolute atomic E-state index is 0.0246. The van der Waals surface area contributed by atoms with E-state index < -0.39 is 0 Å². The second-order valence-electron chi connectivity index (χ2n) is 7.07. The smallest absolute Gasteiger partial charge is 0.257 e. The van der Waals surface area contributed by atoms with Crippen molar-refractivity contribution in [1.29, 1.82) is 0 Å². The van der Waals surface area contributed by atoms with E-state index in [1.165, 1.54) is 12.5 Å². The van der Waals surface area contributed by atoms with Crippen molar-refractivity contribution in [2.75, 3.05) is 26.3 Å². The molecule has 3 fully saturated rings. The van der Waals surface area contributed by atoms with Crippen LogP contribution in [0.5, 0.6) is 0 Å². The Hall–Kier alpha value is -1.82. The Bertz CT molecular complexity index is 594. The van der Waals surface area contributed by atoms with Crippen LogP contribution < -0.4 is 0 Å². The lowest BCUT2D eigenvalue weighted by Gasteiger charge is -2.41. The number of carbonyl (C=O) groups excluding carboxylic acids is 2. The molecule has 4 heterocycles. The fourth-order valence-electron chi connectivity index (χ4n) is 4.40. The highest BCUT2D eigenvalue weighted by Gasteiger charge is 2.45. The summed E-state index contributed by atoms with van der Waals surface area (Å²) in [5.41, 5.74) is 0.600. The molecule has 4 rings (SSSR count). The molecule has 0 unspecified atom stereocenters. The number of furan rings is 1. The van der Waals surface area contributed by atoms with Gasteiger partial charge in [-0.25, -0.2) is 0 Å². The molecule has 24 heavy (non-hydrogen) atoms. The van der Waals surface area contributed by atoms with Gasteiger partial charge in [0, 0.05) is 32.7 Å². The molecule has 130 valence electrons. The van der Waals surface area contributed by atoms with E-state index in [-0.39, 0.29) is 23.9 Å². The Morgan fingerprint density at radius 1 is 1.17 bits per heavy atom. The zero-order valence-corrected chi connectivity index (χ0v) is 13.9. The third-order valence-corrected chi connectivity index (χ3v) is 5.71. The van der Waals surface area contributed by atoms with Gasteiger partial charge in [-0.3, -0.25) is 9.59 Å². The van der Waals surface area contributed by atoms with Gasteiger partial charge < -0.3 is 19.0 Å². The van der Waals surface area contributed by atoms with E-state index >= 15 is 0 Å².